The van der Waals surface area contributed by atoms with E-state index >= 15 is 0 Å². The fourth-order valence-corrected chi connectivity index (χ4v) is 1.46. The molecule has 3 nitrogen and oxygen atoms in total. The molecule has 0 saturated heterocycles. The monoisotopic (exact) mass is 177 g/mol. The number of hydrogen-bond donors (Lipinski definition) is 2. The molecule has 4 heteroatoms. The second-order valence-electron chi connectivity index (χ2n) is 2.59. The molecule has 0 amide bonds. The van der Waals surface area contributed by atoms with Crippen LogP contribution in [-0.4, -0.2) is 36.2 Å². The Balaban J connectivity index is 3.16. The topological polar surface area (TPSA) is 49.3 Å². The molecular weight excluding hydrogens is 162 g/mol. The summed E-state index contributed by atoms with van der Waals surface area (Å²) in [7, 11) is 0. The van der Waals surface area contributed by atoms with Crippen LogP contribution in [-0.2, 0) is 4.79 Å². The van der Waals surface area contributed by atoms with Gasteiger partial charge in [0, 0.05) is 0 Å². The van der Waals surface area contributed by atoms with Crippen LogP contribution in [0.3, 0.4) is 0 Å². The van der Waals surface area contributed by atoms with Crippen LogP contribution >= 0.6 is 11.8 Å². The van der Waals surface area contributed by atoms with E-state index in [0.717, 1.165) is 12.3 Å². The first-order chi connectivity index (χ1) is 5.16. The quantitative estimate of drug-likeness (QED) is 0.626. The van der Waals surface area contributed by atoms with Crippen LogP contribution in [0.2, 0.25) is 0 Å². The molecule has 0 aromatic rings. The van der Waals surface area contributed by atoms with E-state index in [1.54, 1.807) is 11.8 Å². The molecule has 0 aliphatic carbocycles. The SMILES string of the molecule is CSCC(C)CNCC(=O)O. The van der Waals surface area contributed by atoms with E-state index in [-0.39, 0.29) is 6.54 Å². The standard InChI is InChI=1S/C7H15NO2S/c1-6(5-11-2)3-8-4-7(9)10/h6,8H,3-5H2,1-2H3,(H,9,10). The molecule has 0 aromatic heterocycles. The van der Waals surface area contributed by atoms with Crippen molar-refractivity contribution in [3.63, 3.8) is 0 Å². The molecule has 66 valence electrons. The zero-order chi connectivity index (χ0) is 8.69. The summed E-state index contributed by atoms with van der Waals surface area (Å²) >= 11 is 1.78. The molecule has 2 N–H and O–H groups in total. The van der Waals surface area contributed by atoms with E-state index in [2.05, 4.69) is 12.2 Å². The number of rotatable bonds is 6. The third-order valence-electron chi connectivity index (χ3n) is 1.22. The van der Waals surface area contributed by atoms with Gasteiger partial charge in [-0.25, -0.2) is 0 Å². The second kappa shape index (κ2) is 6.49. The van der Waals surface area contributed by atoms with Gasteiger partial charge in [0.25, 0.3) is 0 Å². The van der Waals surface area contributed by atoms with E-state index < -0.39 is 5.97 Å². The molecular formula is C7H15NO2S. The number of nitrogens with one attached hydrogen (secondary N) is 1. The molecule has 11 heavy (non-hydrogen) atoms. The van der Waals surface area contributed by atoms with Gasteiger partial charge >= 0.3 is 5.97 Å². The number of aliphatic carboxylic acids is 1. The summed E-state index contributed by atoms with van der Waals surface area (Å²) in [5, 5.41) is 11.1. The van der Waals surface area contributed by atoms with Gasteiger partial charge < -0.3 is 10.4 Å². The van der Waals surface area contributed by atoms with Gasteiger partial charge in [0.05, 0.1) is 6.54 Å². The van der Waals surface area contributed by atoms with Crippen molar-refractivity contribution in [1.29, 1.82) is 0 Å². The summed E-state index contributed by atoms with van der Waals surface area (Å²) in [6, 6.07) is 0. The van der Waals surface area contributed by atoms with Crippen LogP contribution in [0.25, 0.3) is 0 Å². The summed E-state index contributed by atoms with van der Waals surface area (Å²) < 4.78 is 0. The Hall–Kier alpha value is -0.220. The molecule has 0 saturated carbocycles. The predicted molar refractivity (Wildman–Crippen MR) is 48.1 cm³/mol. The molecule has 0 spiro atoms. The molecule has 1 atom stereocenters. The van der Waals surface area contributed by atoms with Crippen LogP contribution in [0, 0.1) is 5.92 Å². The number of carbonyl (C=O) groups is 1. The van der Waals surface area contributed by atoms with E-state index in [1.165, 1.54) is 0 Å². The fraction of sp³-hybridized carbons (Fsp3) is 0.857. The van der Waals surface area contributed by atoms with Crippen molar-refractivity contribution in [1.82, 2.24) is 5.32 Å². The minimum atomic E-state index is -0.790. The Kier molecular flexibility index (Phi) is 6.36. The summed E-state index contributed by atoms with van der Waals surface area (Å²) in [6.45, 7) is 2.96. The second-order valence-corrected chi connectivity index (χ2v) is 3.50. The Morgan fingerprint density at radius 2 is 2.36 bits per heavy atom. The fourth-order valence-electron chi connectivity index (χ4n) is 0.769. The first-order valence-electron chi connectivity index (χ1n) is 3.58. The summed E-state index contributed by atoms with van der Waals surface area (Å²) in [5.41, 5.74) is 0. The van der Waals surface area contributed by atoms with Crippen molar-refractivity contribution in [2.45, 2.75) is 6.92 Å². The van der Waals surface area contributed by atoms with Gasteiger partial charge in [-0.1, -0.05) is 6.92 Å². The lowest BCUT2D eigenvalue weighted by atomic mass is 10.2. The first kappa shape index (κ1) is 10.8. The Morgan fingerprint density at radius 1 is 1.73 bits per heavy atom. The van der Waals surface area contributed by atoms with E-state index in [1.807, 2.05) is 6.26 Å². The van der Waals surface area contributed by atoms with Crippen molar-refractivity contribution in [3.05, 3.63) is 0 Å². The highest BCUT2D eigenvalue weighted by atomic mass is 32.2. The van der Waals surface area contributed by atoms with Gasteiger partial charge in [0.2, 0.25) is 0 Å². The van der Waals surface area contributed by atoms with Crippen LogP contribution in [0.5, 0.6) is 0 Å². The third-order valence-corrected chi connectivity index (χ3v) is 2.12. The zero-order valence-electron chi connectivity index (χ0n) is 6.96. The smallest absolute Gasteiger partial charge is 0.317 e. The average Bonchev–Trinajstić information content (AvgIpc) is 1.87. The molecule has 0 aliphatic rings. The van der Waals surface area contributed by atoms with Gasteiger partial charge in [-0.15, -0.1) is 0 Å². The molecule has 0 bridgehead atoms. The maximum atomic E-state index is 10.1. The van der Waals surface area contributed by atoms with Crippen LogP contribution < -0.4 is 5.32 Å². The lowest BCUT2D eigenvalue weighted by Gasteiger charge is -2.08. The van der Waals surface area contributed by atoms with Crippen molar-refractivity contribution < 1.29 is 9.90 Å². The number of carboxylic acid groups (broad SMARTS) is 1. The summed E-state index contributed by atoms with van der Waals surface area (Å²) in [5.74, 6) is 0.831. The van der Waals surface area contributed by atoms with Gasteiger partial charge in [0.1, 0.15) is 0 Å². The highest BCUT2D eigenvalue weighted by molar-refractivity contribution is 7.98. The molecule has 0 heterocycles. The average molecular weight is 177 g/mol. The van der Waals surface area contributed by atoms with Gasteiger partial charge in [-0.3, -0.25) is 4.79 Å². The van der Waals surface area contributed by atoms with E-state index in [0.29, 0.717) is 5.92 Å². The zero-order valence-corrected chi connectivity index (χ0v) is 7.78. The highest BCUT2D eigenvalue weighted by Crippen LogP contribution is 2.01. The normalized spacial score (nSPS) is 12.9. The molecule has 0 radical (unpaired) electrons. The lowest BCUT2D eigenvalue weighted by molar-refractivity contribution is -0.135. The van der Waals surface area contributed by atoms with Gasteiger partial charge in [0.15, 0.2) is 0 Å². The lowest BCUT2D eigenvalue weighted by Crippen LogP contribution is -2.27. The third kappa shape index (κ3) is 7.68. The van der Waals surface area contributed by atoms with E-state index in [4.69, 9.17) is 5.11 Å². The van der Waals surface area contributed by atoms with Gasteiger partial charge in [-0.05, 0) is 24.5 Å². The number of hydrogen-bond acceptors (Lipinski definition) is 3. The largest absolute Gasteiger partial charge is 0.480 e. The minimum absolute atomic E-state index is 0.0682. The molecule has 0 fully saturated rings. The predicted octanol–water partition coefficient (Wildman–Crippen LogP) is 0.660. The first-order valence-corrected chi connectivity index (χ1v) is 4.97. The van der Waals surface area contributed by atoms with Crippen molar-refractivity contribution in [2.24, 2.45) is 5.92 Å². The maximum Gasteiger partial charge on any atom is 0.317 e. The van der Waals surface area contributed by atoms with Crippen molar-refractivity contribution in [3.8, 4) is 0 Å². The Morgan fingerprint density at radius 3 is 2.82 bits per heavy atom. The molecule has 0 aromatic carbocycles. The number of thioether (sulfide) groups is 1. The van der Waals surface area contributed by atoms with Gasteiger partial charge in [-0.2, -0.15) is 11.8 Å². The number of carboxylic acids is 1. The van der Waals surface area contributed by atoms with Crippen LogP contribution in [0.1, 0.15) is 6.92 Å². The van der Waals surface area contributed by atoms with Crippen LogP contribution in [0.4, 0.5) is 0 Å². The maximum absolute atomic E-state index is 10.1. The molecule has 0 aliphatic heterocycles. The Bertz CT molecular complexity index is 119. The van der Waals surface area contributed by atoms with Crippen LogP contribution in [0.15, 0.2) is 0 Å². The molecule has 0 rings (SSSR count). The highest BCUT2D eigenvalue weighted by Gasteiger charge is 2.01. The van der Waals surface area contributed by atoms with E-state index in [9.17, 15) is 4.79 Å². The minimum Gasteiger partial charge on any atom is -0.480 e. The summed E-state index contributed by atoms with van der Waals surface area (Å²) in [6.07, 6.45) is 2.05. The Labute approximate surface area is 71.6 Å². The molecule has 1 unspecified atom stereocenters. The summed E-state index contributed by atoms with van der Waals surface area (Å²) in [4.78, 5) is 10.1. The van der Waals surface area contributed by atoms with Crippen molar-refractivity contribution in [2.75, 3.05) is 25.1 Å². The van der Waals surface area contributed by atoms with Crippen molar-refractivity contribution >= 4 is 17.7 Å².